The summed E-state index contributed by atoms with van der Waals surface area (Å²) in [6.45, 7) is 6.49. The average Bonchev–Trinajstić information content (AvgIpc) is 3.41. The van der Waals surface area contributed by atoms with Gasteiger partial charge in [0, 0.05) is 19.3 Å². The molecule has 6 nitrogen and oxygen atoms in total. The topological polar surface area (TPSA) is 78.9 Å². The van der Waals surface area contributed by atoms with Crippen LogP contribution in [0.1, 0.15) is 303 Å². The fourth-order valence-electron chi connectivity index (χ4n) is 8.82. The Bertz CT molecular complexity index is 1480. The van der Waals surface area contributed by atoms with Crippen molar-refractivity contribution < 1.29 is 28.6 Å². The molecule has 0 saturated carbocycles. The lowest BCUT2D eigenvalue weighted by Crippen LogP contribution is -2.30. The first-order chi connectivity index (χ1) is 37.0. The van der Waals surface area contributed by atoms with Crippen molar-refractivity contribution >= 4 is 17.9 Å². The highest BCUT2D eigenvalue weighted by molar-refractivity contribution is 5.71. The van der Waals surface area contributed by atoms with E-state index in [9.17, 15) is 14.4 Å². The van der Waals surface area contributed by atoms with Crippen molar-refractivity contribution in [2.24, 2.45) is 0 Å². The Kier molecular flexibility index (Phi) is 59.8. The van der Waals surface area contributed by atoms with Gasteiger partial charge in [-0.3, -0.25) is 14.4 Å². The SMILES string of the molecule is CC/C=C\C/C=C\C/C=C\C/C=C\C/C=C\C/C=C\CCCCCCCCCCC(=O)OCC(COC(=O)CCCCCCC/C=C\C/C=C\CCCC)OC(=O)CCCCCCCCCCCCCCCCCC. The number of unbranched alkanes of at least 4 members (excludes halogenated alkanes) is 30. The van der Waals surface area contributed by atoms with Crippen LogP contribution in [0.3, 0.4) is 0 Å². The Labute approximate surface area is 464 Å². The van der Waals surface area contributed by atoms with Crippen LogP contribution >= 0.6 is 0 Å². The largest absolute Gasteiger partial charge is 0.462 e. The van der Waals surface area contributed by atoms with Crippen LogP contribution in [0, 0.1) is 0 Å². The van der Waals surface area contributed by atoms with Crippen LogP contribution in [-0.2, 0) is 28.6 Å². The molecule has 0 aromatic rings. The number of carbonyl (C=O) groups is 3. The Hall–Kier alpha value is -3.67. The first kappa shape index (κ1) is 71.3. The number of hydrogen-bond acceptors (Lipinski definition) is 6. The highest BCUT2D eigenvalue weighted by Crippen LogP contribution is 2.16. The molecule has 1 atom stereocenters. The lowest BCUT2D eigenvalue weighted by molar-refractivity contribution is -0.167. The highest BCUT2D eigenvalue weighted by Gasteiger charge is 2.19. The molecule has 1 unspecified atom stereocenters. The molecule has 0 aromatic heterocycles. The summed E-state index contributed by atoms with van der Waals surface area (Å²) in [5, 5.41) is 0. The van der Waals surface area contributed by atoms with Gasteiger partial charge in [0.2, 0.25) is 0 Å². The van der Waals surface area contributed by atoms with Gasteiger partial charge < -0.3 is 14.2 Å². The van der Waals surface area contributed by atoms with Gasteiger partial charge in [0.15, 0.2) is 6.10 Å². The quantitative estimate of drug-likeness (QED) is 0.0261. The standard InChI is InChI=1S/C69H118O6/c1-4-7-10-13-16-19-22-25-28-30-31-32-33-34-35-36-37-38-39-40-42-44-47-50-53-56-59-62-68(71)74-65-66(64-73-67(70)61-58-55-52-49-46-43-27-24-21-18-15-12-9-6-3)75-69(72)63-60-57-54-51-48-45-41-29-26-23-20-17-14-11-8-5-2/h7,10,15-16,18-19,24-25,27-28,31-32,34-35,37-38,66H,4-6,8-9,11-14,17,20-23,26,29-30,33,36,39-65H2,1-3H3/b10-7-,18-15-,19-16-,27-24-,28-25-,32-31-,35-34-,38-37-. The summed E-state index contributed by atoms with van der Waals surface area (Å²) in [7, 11) is 0. The van der Waals surface area contributed by atoms with E-state index >= 15 is 0 Å². The monoisotopic (exact) mass is 1040 g/mol. The molecule has 0 saturated heterocycles. The van der Waals surface area contributed by atoms with Crippen LogP contribution in [0.4, 0.5) is 0 Å². The predicted octanol–water partition coefficient (Wildman–Crippen LogP) is 21.7. The van der Waals surface area contributed by atoms with Gasteiger partial charge in [-0.25, -0.2) is 0 Å². The zero-order valence-electron chi connectivity index (χ0n) is 49.3. The summed E-state index contributed by atoms with van der Waals surface area (Å²) in [6, 6.07) is 0. The van der Waals surface area contributed by atoms with Crippen molar-refractivity contribution in [3.8, 4) is 0 Å². The lowest BCUT2D eigenvalue weighted by atomic mass is 10.0. The van der Waals surface area contributed by atoms with Gasteiger partial charge in [-0.1, -0.05) is 285 Å². The molecular formula is C69H118O6. The maximum absolute atomic E-state index is 12.9. The van der Waals surface area contributed by atoms with E-state index in [0.29, 0.717) is 19.3 Å². The molecule has 0 aliphatic carbocycles. The maximum Gasteiger partial charge on any atom is 0.306 e. The van der Waals surface area contributed by atoms with Gasteiger partial charge in [0.1, 0.15) is 13.2 Å². The fourth-order valence-corrected chi connectivity index (χ4v) is 8.82. The van der Waals surface area contributed by atoms with Crippen LogP contribution < -0.4 is 0 Å². The number of rotatable bonds is 57. The third kappa shape index (κ3) is 61.1. The summed E-state index contributed by atoms with van der Waals surface area (Å²) >= 11 is 0. The van der Waals surface area contributed by atoms with Gasteiger partial charge in [-0.2, -0.15) is 0 Å². The minimum Gasteiger partial charge on any atom is -0.462 e. The second-order valence-electron chi connectivity index (χ2n) is 20.9. The van der Waals surface area contributed by atoms with Crippen molar-refractivity contribution in [2.45, 2.75) is 309 Å². The Balaban J connectivity index is 4.33. The molecule has 0 N–H and O–H groups in total. The molecule has 0 aliphatic heterocycles. The second kappa shape index (κ2) is 62.9. The maximum atomic E-state index is 12.9. The highest BCUT2D eigenvalue weighted by atomic mass is 16.6. The Morgan fingerprint density at radius 3 is 0.853 bits per heavy atom. The smallest absolute Gasteiger partial charge is 0.306 e. The van der Waals surface area contributed by atoms with E-state index in [1.54, 1.807) is 0 Å². The second-order valence-corrected chi connectivity index (χ2v) is 20.9. The summed E-state index contributed by atoms with van der Waals surface area (Å²) in [6.07, 6.45) is 84.0. The molecule has 6 heteroatoms. The molecular weight excluding hydrogens is 925 g/mol. The van der Waals surface area contributed by atoms with Crippen LogP contribution in [0.2, 0.25) is 0 Å². The molecule has 0 rings (SSSR count). The molecule has 0 amide bonds. The number of carbonyl (C=O) groups excluding carboxylic acids is 3. The van der Waals surface area contributed by atoms with E-state index in [0.717, 1.165) is 122 Å². The fraction of sp³-hybridized carbons (Fsp3) is 0.725. The molecule has 0 aromatic carbocycles. The number of ether oxygens (including phenoxy) is 3. The van der Waals surface area contributed by atoms with Crippen molar-refractivity contribution in [1.82, 2.24) is 0 Å². The van der Waals surface area contributed by atoms with E-state index < -0.39 is 6.10 Å². The number of esters is 3. The van der Waals surface area contributed by atoms with Gasteiger partial charge in [-0.15, -0.1) is 0 Å². The minimum absolute atomic E-state index is 0.0844. The van der Waals surface area contributed by atoms with E-state index in [4.69, 9.17) is 14.2 Å². The van der Waals surface area contributed by atoms with Gasteiger partial charge >= 0.3 is 17.9 Å². The summed E-state index contributed by atoms with van der Waals surface area (Å²) in [5.41, 5.74) is 0. The van der Waals surface area contributed by atoms with Gasteiger partial charge in [0.25, 0.3) is 0 Å². The van der Waals surface area contributed by atoms with E-state index in [-0.39, 0.29) is 31.1 Å². The molecule has 0 bridgehead atoms. The van der Waals surface area contributed by atoms with Crippen LogP contribution in [0.25, 0.3) is 0 Å². The lowest BCUT2D eigenvalue weighted by Gasteiger charge is -2.18. The summed E-state index contributed by atoms with van der Waals surface area (Å²) in [4.78, 5) is 38.3. The molecule has 430 valence electrons. The predicted molar refractivity (Wildman–Crippen MR) is 325 cm³/mol. The van der Waals surface area contributed by atoms with Gasteiger partial charge in [0.05, 0.1) is 0 Å². The third-order valence-corrected chi connectivity index (χ3v) is 13.6. The Morgan fingerprint density at radius 1 is 0.280 bits per heavy atom. The van der Waals surface area contributed by atoms with Crippen LogP contribution in [0.5, 0.6) is 0 Å². The molecule has 0 radical (unpaired) electrons. The zero-order valence-corrected chi connectivity index (χ0v) is 49.3. The van der Waals surface area contributed by atoms with E-state index in [2.05, 4.69) is 118 Å². The minimum atomic E-state index is -0.786. The number of allylic oxidation sites excluding steroid dienone is 16. The average molecular weight is 1040 g/mol. The van der Waals surface area contributed by atoms with E-state index in [1.807, 2.05) is 0 Å². The Morgan fingerprint density at radius 2 is 0.533 bits per heavy atom. The van der Waals surface area contributed by atoms with Crippen LogP contribution in [-0.4, -0.2) is 37.2 Å². The normalized spacial score (nSPS) is 12.7. The molecule has 0 spiro atoms. The van der Waals surface area contributed by atoms with E-state index in [1.165, 1.54) is 141 Å². The summed E-state index contributed by atoms with van der Waals surface area (Å²) < 4.78 is 16.9. The van der Waals surface area contributed by atoms with Gasteiger partial charge in [-0.05, 0) is 96.3 Å². The number of hydrogen-bond donors (Lipinski definition) is 0. The molecule has 0 aliphatic rings. The summed E-state index contributed by atoms with van der Waals surface area (Å²) in [5.74, 6) is -0.895. The molecule has 0 heterocycles. The third-order valence-electron chi connectivity index (χ3n) is 13.6. The zero-order chi connectivity index (χ0) is 54.3. The molecule has 0 fully saturated rings. The first-order valence-electron chi connectivity index (χ1n) is 31.7. The van der Waals surface area contributed by atoms with Crippen molar-refractivity contribution in [2.75, 3.05) is 13.2 Å². The van der Waals surface area contributed by atoms with Crippen LogP contribution in [0.15, 0.2) is 97.2 Å². The van der Waals surface area contributed by atoms with Crippen molar-refractivity contribution in [1.29, 1.82) is 0 Å². The molecule has 75 heavy (non-hydrogen) atoms. The first-order valence-corrected chi connectivity index (χ1v) is 31.7. The van der Waals surface area contributed by atoms with Crippen molar-refractivity contribution in [3.05, 3.63) is 97.2 Å². The van der Waals surface area contributed by atoms with Crippen molar-refractivity contribution in [3.63, 3.8) is 0 Å².